The first-order valence-corrected chi connectivity index (χ1v) is 7.03. The average molecular weight is 260 g/mol. The van der Waals surface area contributed by atoms with E-state index in [0.717, 1.165) is 25.9 Å². The SMILES string of the molecule is O=[S@](C[C@@H]1CCCNC1)c1ccnc(Cl)n1. The van der Waals surface area contributed by atoms with Crippen LogP contribution in [-0.2, 0) is 10.8 Å². The number of hydrogen-bond donors (Lipinski definition) is 1. The van der Waals surface area contributed by atoms with Gasteiger partial charge in [-0.15, -0.1) is 0 Å². The summed E-state index contributed by atoms with van der Waals surface area (Å²) in [4.78, 5) is 7.75. The van der Waals surface area contributed by atoms with Crippen LogP contribution < -0.4 is 5.32 Å². The van der Waals surface area contributed by atoms with Crippen molar-refractivity contribution in [2.45, 2.75) is 17.9 Å². The molecule has 0 aromatic carbocycles. The Kier molecular flexibility index (Phi) is 4.26. The Labute approximate surface area is 102 Å². The summed E-state index contributed by atoms with van der Waals surface area (Å²) < 4.78 is 12.0. The molecular weight excluding hydrogens is 246 g/mol. The molecule has 0 amide bonds. The third kappa shape index (κ3) is 3.23. The van der Waals surface area contributed by atoms with Crippen molar-refractivity contribution in [2.75, 3.05) is 18.8 Å². The molecule has 2 heterocycles. The third-order valence-corrected chi connectivity index (χ3v) is 4.27. The Hall–Kier alpha value is -0.520. The largest absolute Gasteiger partial charge is 0.316 e. The van der Waals surface area contributed by atoms with E-state index in [1.807, 2.05) is 0 Å². The highest BCUT2D eigenvalue weighted by Gasteiger charge is 2.17. The van der Waals surface area contributed by atoms with Crippen molar-refractivity contribution in [3.05, 3.63) is 17.5 Å². The van der Waals surface area contributed by atoms with Crippen molar-refractivity contribution in [1.29, 1.82) is 0 Å². The van der Waals surface area contributed by atoms with Gasteiger partial charge in [0.15, 0.2) is 0 Å². The molecule has 6 heteroatoms. The van der Waals surface area contributed by atoms with E-state index in [4.69, 9.17) is 11.6 Å². The lowest BCUT2D eigenvalue weighted by Crippen LogP contribution is -2.32. The Morgan fingerprint density at radius 2 is 2.50 bits per heavy atom. The molecule has 2 rings (SSSR count). The van der Waals surface area contributed by atoms with Gasteiger partial charge in [-0.05, 0) is 49.5 Å². The molecule has 0 aliphatic carbocycles. The Balaban J connectivity index is 1.97. The van der Waals surface area contributed by atoms with Gasteiger partial charge in [0.1, 0.15) is 5.03 Å². The van der Waals surface area contributed by atoms with Gasteiger partial charge in [0.05, 0.1) is 10.8 Å². The minimum Gasteiger partial charge on any atom is -0.316 e. The number of halogens is 1. The predicted molar refractivity (Wildman–Crippen MR) is 63.9 cm³/mol. The summed E-state index contributed by atoms with van der Waals surface area (Å²) in [5.41, 5.74) is 0. The van der Waals surface area contributed by atoms with Gasteiger partial charge >= 0.3 is 0 Å². The molecule has 1 aliphatic heterocycles. The van der Waals surface area contributed by atoms with Crippen molar-refractivity contribution in [1.82, 2.24) is 15.3 Å². The molecule has 0 unspecified atom stereocenters. The fourth-order valence-electron chi connectivity index (χ4n) is 1.81. The molecule has 1 saturated heterocycles. The van der Waals surface area contributed by atoms with Crippen LogP contribution in [0.4, 0.5) is 0 Å². The van der Waals surface area contributed by atoms with Crippen molar-refractivity contribution in [3.8, 4) is 0 Å². The standard InChI is InChI=1S/C10H14ClN3OS/c11-10-13-5-3-9(14-10)16(15)7-8-2-1-4-12-6-8/h3,5,8,12H,1-2,4,6-7H2/t8-,16-/m1/s1. The molecule has 1 N–H and O–H groups in total. The zero-order valence-corrected chi connectivity index (χ0v) is 10.4. The maximum atomic E-state index is 12.0. The predicted octanol–water partition coefficient (Wildman–Crippen LogP) is 1.24. The average Bonchev–Trinajstić information content (AvgIpc) is 2.30. The smallest absolute Gasteiger partial charge is 0.223 e. The fraction of sp³-hybridized carbons (Fsp3) is 0.600. The van der Waals surface area contributed by atoms with Gasteiger partial charge < -0.3 is 5.32 Å². The minimum atomic E-state index is -1.07. The summed E-state index contributed by atoms with van der Waals surface area (Å²) in [6.07, 6.45) is 3.84. The number of piperidine rings is 1. The molecular formula is C10H14ClN3OS. The van der Waals surface area contributed by atoms with Crippen molar-refractivity contribution in [3.63, 3.8) is 0 Å². The molecule has 0 bridgehead atoms. The van der Waals surface area contributed by atoms with Crippen molar-refractivity contribution < 1.29 is 4.21 Å². The van der Waals surface area contributed by atoms with E-state index in [-0.39, 0.29) is 5.28 Å². The summed E-state index contributed by atoms with van der Waals surface area (Å²) in [6.45, 7) is 2.02. The monoisotopic (exact) mass is 259 g/mol. The second-order valence-electron chi connectivity index (χ2n) is 3.89. The summed E-state index contributed by atoms with van der Waals surface area (Å²) in [5, 5.41) is 4.00. The fourth-order valence-corrected chi connectivity index (χ4v) is 3.29. The van der Waals surface area contributed by atoms with Crippen LogP contribution in [-0.4, -0.2) is 33.0 Å². The molecule has 0 spiro atoms. The van der Waals surface area contributed by atoms with Crippen LogP contribution in [0.2, 0.25) is 5.28 Å². The van der Waals surface area contributed by atoms with Gasteiger partial charge in [0.2, 0.25) is 5.28 Å². The van der Waals surface area contributed by atoms with Crippen LogP contribution in [0.1, 0.15) is 12.8 Å². The van der Waals surface area contributed by atoms with Crippen LogP contribution in [0.3, 0.4) is 0 Å². The number of nitrogens with one attached hydrogen (secondary N) is 1. The van der Waals surface area contributed by atoms with Gasteiger partial charge in [-0.2, -0.15) is 0 Å². The van der Waals surface area contributed by atoms with Crippen molar-refractivity contribution in [2.24, 2.45) is 5.92 Å². The Bertz CT molecular complexity index is 382. The van der Waals surface area contributed by atoms with Crippen LogP contribution in [0.5, 0.6) is 0 Å². The first-order valence-electron chi connectivity index (χ1n) is 5.33. The van der Waals surface area contributed by atoms with Gasteiger partial charge in [-0.1, -0.05) is 0 Å². The second kappa shape index (κ2) is 5.70. The summed E-state index contributed by atoms with van der Waals surface area (Å²) in [7, 11) is -1.07. The minimum absolute atomic E-state index is 0.160. The molecule has 88 valence electrons. The van der Waals surface area contributed by atoms with Gasteiger partial charge in [-0.3, -0.25) is 4.21 Å². The van der Waals surface area contributed by atoms with Crippen LogP contribution in [0, 0.1) is 5.92 Å². The zero-order chi connectivity index (χ0) is 11.4. The molecule has 4 nitrogen and oxygen atoms in total. The van der Waals surface area contributed by atoms with E-state index in [2.05, 4.69) is 15.3 Å². The zero-order valence-electron chi connectivity index (χ0n) is 8.86. The van der Waals surface area contributed by atoms with Crippen LogP contribution in [0.15, 0.2) is 17.3 Å². The van der Waals surface area contributed by atoms with Gasteiger partial charge in [0.25, 0.3) is 0 Å². The second-order valence-corrected chi connectivity index (χ2v) is 5.67. The van der Waals surface area contributed by atoms with E-state index in [0.29, 0.717) is 16.7 Å². The molecule has 1 fully saturated rings. The molecule has 16 heavy (non-hydrogen) atoms. The number of hydrogen-bond acceptors (Lipinski definition) is 4. The molecule has 1 aliphatic rings. The molecule has 1 aromatic rings. The Morgan fingerprint density at radius 3 is 3.19 bits per heavy atom. The van der Waals surface area contributed by atoms with E-state index in [9.17, 15) is 4.21 Å². The first kappa shape index (κ1) is 12.0. The van der Waals surface area contributed by atoms with E-state index in [1.165, 1.54) is 0 Å². The number of aromatic nitrogens is 2. The number of nitrogens with zero attached hydrogens (tertiary/aromatic N) is 2. The van der Waals surface area contributed by atoms with E-state index >= 15 is 0 Å². The maximum Gasteiger partial charge on any atom is 0.223 e. The highest BCUT2D eigenvalue weighted by Crippen LogP contribution is 2.15. The maximum absolute atomic E-state index is 12.0. The van der Waals surface area contributed by atoms with Crippen LogP contribution >= 0.6 is 11.6 Å². The lowest BCUT2D eigenvalue weighted by Gasteiger charge is -2.21. The summed E-state index contributed by atoms with van der Waals surface area (Å²) in [5.74, 6) is 1.13. The first-order chi connectivity index (χ1) is 7.75. The summed E-state index contributed by atoms with van der Waals surface area (Å²) >= 11 is 5.66. The van der Waals surface area contributed by atoms with Crippen molar-refractivity contribution >= 4 is 22.4 Å². The molecule has 2 atom stereocenters. The summed E-state index contributed by atoms with van der Waals surface area (Å²) in [6, 6.07) is 1.66. The lowest BCUT2D eigenvalue weighted by molar-refractivity contribution is 0.408. The number of rotatable bonds is 3. The Morgan fingerprint density at radius 1 is 1.62 bits per heavy atom. The third-order valence-electron chi connectivity index (χ3n) is 2.62. The topological polar surface area (TPSA) is 54.9 Å². The van der Waals surface area contributed by atoms with E-state index < -0.39 is 10.8 Å². The van der Waals surface area contributed by atoms with Crippen LogP contribution in [0.25, 0.3) is 0 Å². The highest BCUT2D eigenvalue weighted by molar-refractivity contribution is 7.84. The molecule has 1 aromatic heterocycles. The molecule has 0 saturated carbocycles. The highest BCUT2D eigenvalue weighted by atomic mass is 35.5. The quantitative estimate of drug-likeness (QED) is 0.656. The van der Waals surface area contributed by atoms with Gasteiger partial charge in [-0.25, -0.2) is 9.97 Å². The van der Waals surface area contributed by atoms with Gasteiger partial charge in [0, 0.05) is 11.9 Å². The normalized spacial score (nSPS) is 22.9. The molecule has 0 radical (unpaired) electrons. The van der Waals surface area contributed by atoms with E-state index in [1.54, 1.807) is 12.3 Å². The lowest BCUT2D eigenvalue weighted by atomic mass is 10.0.